The van der Waals surface area contributed by atoms with Gasteiger partial charge in [0.25, 0.3) is 11.7 Å². The molecule has 1 N–H and O–H groups in total. The zero-order chi connectivity index (χ0) is 25.5. The number of likely N-dealkylation sites (tertiary alicyclic amines) is 1. The molecule has 1 aliphatic rings. The van der Waals surface area contributed by atoms with Crippen molar-refractivity contribution in [2.45, 2.75) is 39.7 Å². The van der Waals surface area contributed by atoms with Gasteiger partial charge in [0.05, 0.1) is 30.4 Å². The van der Waals surface area contributed by atoms with Gasteiger partial charge in [0, 0.05) is 12.6 Å². The molecule has 2 aromatic carbocycles. The number of rotatable bonds is 11. The average molecular weight is 481 g/mol. The number of carbonyl (C=O) groups is 2. The zero-order valence-electron chi connectivity index (χ0n) is 21.3. The number of amides is 1. The summed E-state index contributed by atoms with van der Waals surface area (Å²) < 4.78 is 11.3. The topological polar surface area (TPSA) is 79.3 Å². The van der Waals surface area contributed by atoms with E-state index in [1.165, 1.54) is 0 Å². The van der Waals surface area contributed by atoms with Crippen LogP contribution in [-0.4, -0.2) is 67.0 Å². The van der Waals surface area contributed by atoms with E-state index in [2.05, 4.69) is 6.92 Å². The van der Waals surface area contributed by atoms with Crippen molar-refractivity contribution >= 4 is 17.4 Å². The number of aliphatic hydroxyl groups excluding tert-OH is 1. The van der Waals surface area contributed by atoms with E-state index in [1.54, 1.807) is 23.1 Å². The summed E-state index contributed by atoms with van der Waals surface area (Å²) in [6.45, 7) is 7.84. The minimum atomic E-state index is -0.687. The molecule has 1 unspecified atom stereocenters. The van der Waals surface area contributed by atoms with Gasteiger partial charge >= 0.3 is 0 Å². The Morgan fingerprint density at radius 2 is 1.69 bits per heavy atom. The van der Waals surface area contributed by atoms with Crippen molar-refractivity contribution in [3.63, 3.8) is 0 Å². The SMILES string of the molecule is CCOc1ccc(/C(O)=C2/C(=O)C(=O)N(CCCN(C)C)C2c2ccc(CC)cc2)c(OCC)c1. The Balaban J connectivity index is 2.13. The quantitative estimate of drug-likeness (QED) is 0.291. The largest absolute Gasteiger partial charge is 0.507 e. The lowest BCUT2D eigenvalue weighted by atomic mass is 9.94. The van der Waals surface area contributed by atoms with Crippen LogP contribution in [0.2, 0.25) is 0 Å². The first-order valence-electron chi connectivity index (χ1n) is 12.2. The molecule has 1 saturated heterocycles. The molecular formula is C28H36N2O5. The predicted octanol–water partition coefficient (Wildman–Crippen LogP) is 4.42. The highest BCUT2D eigenvalue weighted by atomic mass is 16.5. The van der Waals surface area contributed by atoms with Crippen molar-refractivity contribution in [1.29, 1.82) is 0 Å². The number of aliphatic hydroxyl groups is 1. The lowest BCUT2D eigenvalue weighted by molar-refractivity contribution is -0.139. The third-order valence-electron chi connectivity index (χ3n) is 6.07. The van der Waals surface area contributed by atoms with Crippen LogP contribution in [0, 0.1) is 0 Å². The van der Waals surface area contributed by atoms with E-state index in [0.717, 1.165) is 24.1 Å². The van der Waals surface area contributed by atoms with E-state index in [-0.39, 0.29) is 11.3 Å². The monoisotopic (exact) mass is 480 g/mol. The maximum absolute atomic E-state index is 13.3. The van der Waals surface area contributed by atoms with Crippen molar-refractivity contribution in [3.8, 4) is 11.5 Å². The number of ether oxygens (including phenoxy) is 2. The van der Waals surface area contributed by atoms with Crippen LogP contribution < -0.4 is 9.47 Å². The van der Waals surface area contributed by atoms with Gasteiger partial charge in [-0.25, -0.2) is 0 Å². The van der Waals surface area contributed by atoms with Crippen LogP contribution in [0.25, 0.3) is 5.76 Å². The van der Waals surface area contributed by atoms with Gasteiger partial charge in [0.1, 0.15) is 17.3 Å². The van der Waals surface area contributed by atoms with Crippen molar-refractivity contribution < 1.29 is 24.2 Å². The highest BCUT2D eigenvalue weighted by Gasteiger charge is 2.46. The summed E-state index contributed by atoms with van der Waals surface area (Å²) in [6, 6.07) is 12.3. The van der Waals surface area contributed by atoms with Crippen LogP contribution in [0.5, 0.6) is 11.5 Å². The molecule has 0 bridgehead atoms. The Morgan fingerprint density at radius 3 is 2.29 bits per heavy atom. The number of carbonyl (C=O) groups excluding carboxylic acids is 2. The summed E-state index contributed by atoms with van der Waals surface area (Å²) in [7, 11) is 3.94. The fourth-order valence-corrected chi connectivity index (χ4v) is 4.32. The van der Waals surface area contributed by atoms with Gasteiger partial charge in [-0.15, -0.1) is 0 Å². The molecule has 0 aliphatic carbocycles. The van der Waals surface area contributed by atoms with Crippen molar-refractivity contribution in [2.75, 3.05) is 40.4 Å². The number of Topliss-reactive ketones (excluding diaryl/α,β-unsaturated/α-hetero) is 1. The maximum Gasteiger partial charge on any atom is 0.295 e. The van der Waals surface area contributed by atoms with E-state index in [0.29, 0.717) is 43.2 Å². The standard InChI is InChI=1S/C28H36N2O5/c1-6-19-10-12-20(13-11-19)25-24(27(32)28(33)30(25)17-9-16-29(4)5)26(31)22-15-14-21(34-7-2)18-23(22)35-8-3/h10-15,18,25,31H,6-9,16-17H2,1-5H3/b26-24-. The minimum absolute atomic E-state index is 0.0780. The first-order chi connectivity index (χ1) is 16.8. The van der Waals surface area contributed by atoms with E-state index < -0.39 is 17.7 Å². The fourth-order valence-electron chi connectivity index (χ4n) is 4.32. The molecular weight excluding hydrogens is 444 g/mol. The predicted molar refractivity (Wildman–Crippen MR) is 137 cm³/mol. The van der Waals surface area contributed by atoms with Gasteiger partial charge in [-0.3, -0.25) is 9.59 Å². The first kappa shape index (κ1) is 26.3. The van der Waals surface area contributed by atoms with Crippen molar-refractivity contribution in [2.24, 2.45) is 0 Å². The summed E-state index contributed by atoms with van der Waals surface area (Å²) in [4.78, 5) is 30.1. The molecule has 3 rings (SSSR count). The zero-order valence-corrected chi connectivity index (χ0v) is 21.3. The number of hydrogen-bond donors (Lipinski definition) is 1. The highest BCUT2D eigenvalue weighted by molar-refractivity contribution is 6.46. The van der Waals surface area contributed by atoms with Crippen LogP contribution in [0.3, 0.4) is 0 Å². The average Bonchev–Trinajstić information content (AvgIpc) is 3.09. The fraction of sp³-hybridized carbons (Fsp3) is 0.429. The maximum atomic E-state index is 13.3. The second-order valence-electron chi connectivity index (χ2n) is 8.77. The molecule has 0 aromatic heterocycles. The first-order valence-corrected chi connectivity index (χ1v) is 12.2. The molecule has 1 aliphatic heterocycles. The van der Waals surface area contributed by atoms with E-state index in [1.807, 2.05) is 57.1 Å². The van der Waals surface area contributed by atoms with Crippen LogP contribution in [-0.2, 0) is 16.0 Å². The third-order valence-corrected chi connectivity index (χ3v) is 6.07. The Morgan fingerprint density at radius 1 is 1.00 bits per heavy atom. The number of ketones is 1. The van der Waals surface area contributed by atoms with Crippen molar-refractivity contribution in [1.82, 2.24) is 9.80 Å². The third kappa shape index (κ3) is 5.85. The molecule has 1 atom stereocenters. The Kier molecular flexibility index (Phi) is 8.93. The van der Waals surface area contributed by atoms with Crippen LogP contribution in [0.15, 0.2) is 48.0 Å². The number of hydrogen-bond acceptors (Lipinski definition) is 6. The number of benzene rings is 2. The Labute approximate surface area is 207 Å². The van der Waals surface area contributed by atoms with Gasteiger partial charge in [-0.2, -0.15) is 0 Å². The van der Waals surface area contributed by atoms with Crippen LogP contribution in [0.1, 0.15) is 49.9 Å². The molecule has 0 radical (unpaired) electrons. The summed E-state index contributed by atoms with van der Waals surface area (Å²) in [5, 5.41) is 11.5. The summed E-state index contributed by atoms with van der Waals surface area (Å²) in [5.41, 5.74) is 2.38. The Hall–Kier alpha value is -3.32. The van der Waals surface area contributed by atoms with E-state index >= 15 is 0 Å². The molecule has 1 heterocycles. The molecule has 2 aromatic rings. The molecule has 0 spiro atoms. The molecule has 7 nitrogen and oxygen atoms in total. The van der Waals surface area contributed by atoms with Crippen LogP contribution >= 0.6 is 0 Å². The van der Waals surface area contributed by atoms with Gasteiger partial charge in [-0.1, -0.05) is 31.2 Å². The molecule has 7 heteroatoms. The summed E-state index contributed by atoms with van der Waals surface area (Å²) >= 11 is 0. The van der Waals surface area contributed by atoms with Crippen molar-refractivity contribution in [3.05, 3.63) is 64.7 Å². The second kappa shape index (κ2) is 11.9. The highest BCUT2D eigenvalue weighted by Crippen LogP contribution is 2.41. The summed E-state index contributed by atoms with van der Waals surface area (Å²) in [6.07, 6.45) is 1.59. The summed E-state index contributed by atoms with van der Waals surface area (Å²) in [5.74, 6) is -0.528. The smallest absolute Gasteiger partial charge is 0.295 e. The second-order valence-corrected chi connectivity index (χ2v) is 8.77. The van der Waals surface area contributed by atoms with Gasteiger partial charge in [0.15, 0.2) is 0 Å². The number of aryl methyl sites for hydroxylation is 1. The molecule has 1 fully saturated rings. The van der Waals surface area contributed by atoms with E-state index in [4.69, 9.17) is 9.47 Å². The molecule has 1 amide bonds. The lowest BCUT2D eigenvalue weighted by Gasteiger charge is -2.26. The number of nitrogens with zero attached hydrogens (tertiary/aromatic N) is 2. The Bertz CT molecular complexity index is 1080. The van der Waals surface area contributed by atoms with Gasteiger partial charge < -0.3 is 24.4 Å². The molecule has 35 heavy (non-hydrogen) atoms. The normalized spacial score (nSPS) is 17.3. The molecule has 0 saturated carbocycles. The van der Waals surface area contributed by atoms with E-state index in [9.17, 15) is 14.7 Å². The van der Waals surface area contributed by atoms with Crippen LogP contribution in [0.4, 0.5) is 0 Å². The van der Waals surface area contributed by atoms with Gasteiger partial charge in [-0.05, 0) is 70.6 Å². The minimum Gasteiger partial charge on any atom is -0.507 e. The van der Waals surface area contributed by atoms with Gasteiger partial charge in [0.2, 0.25) is 0 Å². The molecule has 188 valence electrons. The lowest BCUT2D eigenvalue weighted by Crippen LogP contribution is -2.32.